The molecule has 0 radical (unpaired) electrons. The number of carbonyl (C=O) groups excluding carboxylic acids is 1. The summed E-state index contributed by atoms with van der Waals surface area (Å²) in [6.07, 6.45) is 1.27. The lowest BCUT2D eigenvalue weighted by Crippen LogP contribution is -2.09. The third kappa shape index (κ3) is 4.05. The highest BCUT2D eigenvalue weighted by Gasteiger charge is 2.14. The number of rotatable bonds is 3. The third-order valence-corrected chi connectivity index (χ3v) is 2.99. The molecule has 88 valence electrons. The Morgan fingerprint density at radius 1 is 1.38 bits per heavy atom. The van der Waals surface area contributed by atoms with E-state index in [1.165, 1.54) is 6.07 Å². The number of hydrogen-bond donors (Lipinski definition) is 0. The summed E-state index contributed by atoms with van der Waals surface area (Å²) >= 11 is 3.06. The molecule has 0 N–H and O–H groups in total. The first-order valence-electron chi connectivity index (χ1n) is 5.28. The van der Waals surface area contributed by atoms with Gasteiger partial charge < -0.3 is 0 Å². The van der Waals surface area contributed by atoms with Gasteiger partial charge >= 0.3 is 0 Å². The van der Waals surface area contributed by atoms with Crippen molar-refractivity contribution < 1.29 is 9.18 Å². The van der Waals surface area contributed by atoms with E-state index < -0.39 is 0 Å². The largest absolute Gasteiger partial charge is 0.294 e. The van der Waals surface area contributed by atoms with E-state index in [1.807, 2.05) is 0 Å². The molecule has 1 aromatic rings. The third-order valence-electron chi connectivity index (χ3n) is 2.34. The molecule has 0 heterocycles. The molecule has 1 rings (SSSR count). The van der Waals surface area contributed by atoms with Gasteiger partial charge in [0.05, 0.1) is 4.47 Å². The van der Waals surface area contributed by atoms with Crippen molar-refractivity contribution in [1.82, 2.24) is 0 Å². The maximum atomic E-state index is 13.2. The van der Waals surface area contributed by atoms with E-state index in [4.69, 9.17) is 0 Å². The SMILES string of the molecule is CC(C)(C)CCC(=O)c1ccc(Br)c(F)c1. The molecule has 0 aromatic heterocycles. The van der Waals surface area contributed by atoms with E-state index in [-0.39, 0.29) is 17.0 Å². The van der Waals surface area contributed by atoms with Crippen LogP contribution in [0.2, 0.25) is 0 Å². The Morgan fingerprint density at radius 3 is 2.50 bits per heavy atom. The van der Waals surface area contributed by atoms with E-state index in [0.717, 1.165) is 6.42 Å². The van der Waals surface area contributed by atoms with Crippen LogP contribution >= 0.6 is 15.9 Å². The van der Waals surface area contributed by atoms with Crippen molar-refractivity contribution in [2.24, 2.45) is 5.41 Å². The molecule has 0 atom stereocenters. The summed E-state index contributed by atoms with van der Waals surface area (Å²) in [5.74, 6) is -0.386. The minimum Gasteiger partial charge on any atom is -0.294 e. The molecule has 0 spiro atoms. The molecule has 0 amide bonds. The highest BCUT2D eigenvalue weighted by Crippen LogP contribution is 2.23. The molecule has 1 nitrogen and oxygen atoms in total. The second kappa shape index (κ2) is 5.09. The fourth-order valence-electron chi connectivity index (χ4n) is 1.30. The van der Waals surface area contributed by atoms with Crippen molar-refractivity contribution in [2.75, 3.05) is 0 Å². The van der Waals surface area contributed by atoms with Crippen molar-refractivity contribution >= 4 is 21.7 Å². The molecule has 3 heteroatoms. The maximum Gasteiger partial charge on any atom is 0.162 e. The van der Waals surface area contributed by atoms with Gasteiger partial charge in [0.2, 0.25) is 0 Å². The van der Waals surface area contributed by atoms with Crippen molar-refractivity contribution in [3.8, 4) is 0 Å². The molecular formula is C13H16BrFO. The summed E-state index contributed by atoms with van der Waals surface area (Å²) in [5.41, 5.74) is 0.578. The molecule has 0 bridgehead atoms. The highest BCUT2D eigenvalue weighted by atomic mass is 79.9. The van der Waals surface area contributed by atoms with Crippen LogP contribution in [0.15, 0.2) is 22.7 Å². The van der Waals surface area contributed by atoms with Gasteiger partial charge in [-0.25, -0.2) is 4.39 Å². The first-order chi connectivity index (χ1) is 7.29. The van der Waals surface area contributed by atoms with Crippen LogP contribution in [-0.2, 0) is 0 Å². The predicted molar refractivity (Wildman–Crippen MR) is 67.1 cm³/mol. The van der Waals surface area contributed by atoms with Crippen LogP contribution in [0.5, 0.6) is 0 Å². The number of carbonyl (C=O) groups is 1. The van der Waals surface area contributed by atoms with Crippen molar-refractivity contribution in [3.63, 3.8) is 0 Å². The van der Waals surface area contributed by atoms with Crippen molar-refractivity contribution in [1.29, 1.82) is 0 Å². The summed E-state index contributed by atoms with van der Waals surface area (Å²) in [7, 11) is 0. The van der Waals surface area contributed by atoms with Crippen LogP contribution in [0, 0.1) is 11.2 Å². The summed E-state index contributed by atoms with van der Waals surface area (Å²) in [6, 6.07) is 4.51. The maximum absolute atomic E-state index is 13.2. The Hall–Kier alpha value is -0.700. The first kappa shape index (κ1) is 13.4. The average molecular weight is 287 g/mol. The lowest BCUT2D eigenvalue weighted by atomic mass is 9.88. The van der Waals surface area contributed by atoms with Gasteiger partial charge in [0, 0.05) is 12.0 Å². The highest BCUT2D eigenvalue weighted by molar-refractivity contribution is 9.10. The monoisotopic (exact) mass is 286 g/mol. The van der Waals surface area contributed by atoms with Gasteiger partial charge in [-0.15, -0.1) is 0 Å². The fraction of sp³-hybridized carbons (Fsp3) is 0.462. The van der Waals surface area contributed by atoms with Gasteiger partial charge in [-0.05, 0) is 39.9 Å². The summed E-state index contributed by atoms with van der Waals surface area (Å²) in [6.45, 7) is 6.26. The summed E-state index contributed by atoms with van der Waals surface area (Å²) in [4.78, 5) is 11.8. The predicted octanol–water partition coefficient (Wildman–Crippen LogP) is 4.60. The van der Waals surface area contributed by atoms with E-state index in [9.17, 15) is 9.18 Å². The minimum atomic E-state index is -0.387. The van der Waals surface area contributed by atoms with Gasteiger partial charge in [-0.3, -0.25) is 4.79 Å². The molecule has 0 fully saturated rings. The summed E-state index contributed by atoms with van der Waals surface area (Å²) < 4.78 is 13.6. The second-order valence-electron chi connectivity index (χ2n) is 5.11. The number of halogens is 2. The molecule has 0 aliphatic carbocycles. The zero-order chi connectivity index (χ0) is 12.3. The number of benzene rings is 1. The average Bonchev–Trinajstić information content (AvgIpc) is 2.17. The van der Waals surface area contributed by atoms with Crippen LogP contribution in [0.3, 0.4) is 0 Å². The first-order valence-corrected chi connectivity index (χ1v) is 6.07. The fourth-order valence-corrected chi connectivity index (χ4v) is 1.55. The van der Waals surface area contributed by atoms with Crippen LogP contribution in [0.1, 0.15) is 44.0 Å². The van der Waals surface area contributed by atoms with Crippen LogP contribution in [-0.4, -0.2) is 5.78 Å². The lowest BCUT2D eigenvalue weighted by molar-refractivity contribution is 0.0965. The zero-order valence-electron chi connectivity index (χ0n) is 9.81. The van der Waals surface area contributed by atoms with Gasteiger partial charge in [0.1, 0.15) is 5.82 Å². The Bertz CT molecular complexity index is 393. The molecule has 0 unspecified atom stereocenters. The van der Waals surface area contributed by atoms with Crippen molar-refractivity contribution in [3.05, 3.63) is 34.1 Å². The van der Waals surface area contributed by atoms with Crippen LogP contribution < -0.4 is 0 Å². The normalized spacial score (nSPS) is 11.6. The number of ketones is 1. The standard InChI is InChI=1S/C13H16BrFO/c1-13(2,3)7-6-12(16)9-4-5-10(14)11(15)8-9/h4-5,8H,6-7H2,1-3H3. The Balaban J connectivity index is 2.70. The second-order valence-corrected chi connectivity index (χ2v) is 5.97. The topological polar surface area (TPSA) is 17.1 Å². The Kier molecular flexibility index (Phi) is 4.25. The molecular weight excluding hydrogens is 271 g/mol. The van der Waals surface area contributed by atoms with E-state index in [2.05, 4.69) is 36.7 Å². The molecule has 0 saturated heterocycles. The molecule has 0 aliphatic heterocycles. The Labute approximate surface area is 104 Å². The zero-order valence-corrected chi connectivity index (χ0v) is 11.4. The quantitative estimate of drug-likeness (QED) is 0.743. The summed E-state index contributed by atoms with van der Waals surface area (Å²) in [5, 5.41) is 0. The van der Waals surface area contributed by atoms with Crippen molar-refractivity contribution in [2.45, 2.75) is 33.6 Å². The lowest BCUT2D eigenvalue weighted by Gasteiger charge is -2.17. The molecule has 0 saturated carbocycles. The molecule has 16 heavy (non-hydrogen) atoms. The smallest absolute Gasteiger partial charge is 0.162 e. The van der Waals surface area contributed by atoms with Crippen LogP contribution in [0.25, 0.3) is 0 Å². The number of hydrogen-bond acceptors (Lipinski definition) is 1. The van der Waals surface area contributed by atoms with E-state index >= 15 is 0 Å². The van der Waals surface area contributed by atoms with E-state index in [0.29, 0.717) is 16.5 Å². The van der Waals surface area contributed by atoms with Gasteiger partial charge in [-0.2, -0.15) is 0 Å². The van der Waals surface area contributed by atoms with E-state index in [1.54, 1.807) is 12.1 Å². The number of Topliss-reactive ketones (excluding diaryl/α,β-unsaturated/α-hetero) is 1. The van der Waals surface area contributed by atoms with Crippen LogP contribution in [0.4, 0.5) is 4.39 Å². The molecule has 1 aromatic carbocycles. The van der Waals surface area contributed by atoms with Gasteiger partial charge in [0.25, 0.3) is 0 Å². The van der Waals surface area contributed by atoms with Gasteiger partial charge in [0.15, 0.2) is 5.78 Å². The minimum absolute atomic E-state index is 0.00123. The van der Waals surface area contributed by atoms with Gasteiger partial charge in [-0.1, -0.05) is 26.8 Å². The molecule has 0 aliphatic rings. The Morgan fingerprint density at radius 2 is 2.00 bits per heavy atom.